The Bertz CT molecular complexity index is 156. The number of aliphatic hydroxyl groups excluding tert-OH is 1. The summed E-state index contributed by atoms with van der Waals surface area (Å²) < 4.78 is 0. The largest absolute Gasteiger partial charge is 0.392 e. The minimum absolute atomic E-state index is 0.143. The monoisotopic (exact) mass is 214 g/mol. The van der Waals surface area contributed by atoms with Gasteiger partial charge >= 0.3 is 0 Å². The second kappa shape index (κ2) is 7.20. The zero-order valence-electron chi connectivity index (χ0n) is 10.2. The van der Waals surface area contributed by atoms with E-state index in [4.69, 9.17) is 0 Å². The minimum atomic E-state index is -0.143. The van der Waals surface area contributed by atoms with Crippen LogP contribution in [0.5, 0.6) is 0 Å². The second-order valence-electron chi connectivity index (χ2n) is 5.05. The quantitative estimate of drug-likeness (QED) is 0.623. The van der Waals surface area contributed by atoms with Crippen molar-refractivity contribution in [2.45, 2.75) is 38.2 Å². The SMILES string of the molecule is CN(C)CCNCC(O)CC1CCCC1. The van der Waals surface area contributed by atoms with Gasteiger partial charge in [0.15, 0.2) is 0 Å². The maximum Gasteiger partial charge on any atom is 0.0667 e. The summed E-state index contributed by atoms with van der Waals surface area (Å²) in [5.41, 5.74) is 0. The topological polar surface area (TPSA) is 35.5 Å². The van der Waals surface area contributed by atoms with Crippen molar-refractivity contribution in [2.75, 3.05) is 33.7 Å². The van der Waals surface area contributed by atoms with Crippen LogP contribution in [0.25, 0.3) is 0 Å². The second-order valence-corrected chi connectivity index (χ2v) is 5.05. The lowest BCUT2D eigenvalue weighted by molar-refractivity contribution is 0.140. The molecule has 0 aromatic heterocycles. The number of nitrogens with zero attached hydrogens (tertiary/aromatic N) is 1. The zero-order chi connectivity index (χ0) is 11.1. The fourth-order valence-corrected chi connectivity index (χ4v) is 2.29. The van der Waals surface area contributed by atoms with Crippen LogP contribution in [-0.2, 0) is 0 Å². The first kappa shape index (κ1) is 12.9. The molecular formula is C12H26N2O. The van der Waals surface area contributed by atoms with Crippen molar-refractivity contribution in [1.29, 1.82) is 0 Å². The molecule has 3 heteroatoms. The average Bonchev–Trinajstić information content (AvgIpc) is 2.64. The van der Waals surface area contributed by atoms with Gasteiger partial charge < -0.3 is 15.3 Å². The van der Waals surface area contributed by atoms with E-state index in [0.29, 0.717) is 0 Å². The van der Waals surface area contributed by atoms with Gasteiger partial charge in [-0.3, -0.25) is 0 Å². The summed E-state index contributed by atoms with van der Waals surface area (Å²) in [6.45, 7) is 2.76. The van der Waals surface area contributed by atoms with Gasteiger partial charge in [0, 0.05) is 19.6 Å². The fourth-order valence-electron chi connectivity index (χ4n) is 2.29. The predicted octanol–water partition coefficient (Wildman–Crippen LogP) is 1.08. The molecule has 0 aromatic carbocycles. The summed E-state index contributed by atoms with van der Waals surface area (Å²) in [5.74, 6) is 0.788. The third-order valence-corrected chi connectivity index (χ3v) is 3.20. The summed E-state index contributed by atoms with van der Waals surface area (Å²) in [6.07, 6.45) is 6.24. The maximum atomic E-state index is 9.80. The molecule has 1 fully saturated rings. The van der Waals surface area contributed by atoms with Gasteiger partial charge in [0.05, 0.1) is 6.10 Å². The van der Waals surface area contributed by atoms with Crippen molar-refractivity contribution in [2.24, 2.45) is 5.92 Å². The van der Waals surface area contributed by atoms with E-state index in [1.165, 1.54) is 25.7 Å². The summed E-state index contributed by atoms with van der Waals surface area (Å²) in [7, 11) is 4.13. The van der Waals surface area contributed by atoms with Crippen LogP contribution in [0.15, 0.2) is 0 Å². The molecule has 3 nitrogen and oxygen atoms in total. The molecule has 0 aromatic rings. The van der Waals surface area contributed by atoms with Crippen molar-refractivity contribution < 1.29 is 5.11 Å². The molecule has 1 aliphatic carbocycles. The highest BCUT2D eigenvalue weighted by molar-refractivity contribution is 4.72. The average molecular weight is 214 g/mol. The Morgan fingerprint density at radius 3 is 2.60 bits per heavy atom. The van der Waals surface area contributed by atoms with Crippen LogP contribution >= 0.6 is 0 Å². The number of aliphatic hydroxyl groups is 1. The molecule has 0 spiro atoms. The highest BCUT2D eigenvalue weighted by Crippen LogP contribution is 2.28. The van der Waals surface area contributed by atoms with Crippen LogP contribution in [0.1, 0.15) is 32.1 Å². The maximum absolute atomic E-state index is 9.80. The molecule has 15 heavy (non-hydrogen) atoms. The van der Waals surface area contributed by atoms with E-state index in [1.54, 1.807) is 0 Å². The first-order valence-electron chi connectivity index (χ1n) is 6.22. The Morgan fingerprint density at radius 1 is 1.33 bits per heavy atom. The van der Waals surface area contributed by atoms with Crippen molar-refractivity contribution in [1.82, 2.24) is 10.2 Å². The van der Waals surface area contributed by atoms with Crippen LogP contribution in [0, 0.1) is 5.92 Å². The van der Waals surface area contributed by atoms with Gasteiger partial charge in [0.25, 0.3) is 0 Å². The number of hydrogen-bond donors (Lipinski definition) is 2. The van der Waals surface area contributed by atoms with Gasteiger partial charge in [0.2, 0.25) is 0 Å². The van der Waals surface area contributed by atoms with Gasteiger partial charge in [-0.1, -0.05) is 25.7 Å². The van der Waals surface area contributed by atoms with Crippen molar-refractivity contribution >= 4 is 0 Å². The number of nitrogens with one attached hydrogen (secondary N) is 1. The van der Waals surface area contributed by atoms with Crippen LogP contribution < -0.4 is 5.32 Å². The third kappa shape index (κ3) is 6.13. The van der Waals surface area contributed by atoms with E-state index in [0.717, 1.165) is 32.0 Å². The Morgan fingerprint density at radius 2 is 2.00 bits per heavy atom. The lowest BCUT2D eigenvalue weighted by Crippen LogP contribution is -2.33. The molecule has 1 saturated carbocycles. The summed E-state index contributed by atoms with van der Waals surface area (Å²) in [4.78, 5) is 2.15. The Kier molecular flexibility index (Phi) is 6.22. The van der Waals surface area contributed by atoms with E-state index in [9.17, 15) is 5.11 Å². The predicted molar refractivity (Wildman–Crippen MR) is 64.0 cm³/mol. The van der Waals surface area contributed by atoms with Crippen LogP contribution in [0.3, 0.4) is 0 Å². The zero-order valence-corrected chi connectivity index (χ0v) is 10.2. The highest BCUT2D eigenvalue weighted by Gasteiger charge is 2.18. The summed E-state index contributed by atoms with van der Waals surface area (Å²) in [5, 5.41) is 13.1. The standard InChI is InChI=1S/C12H26N2O/c1-14(2)8-7-13-10-12(15)9-11-5-3-4-6-11/h11-13,15H,3-10H2,1-2H3. The molecule has 1 atom stereocenters. The lowest BCUT2D eigenvalue weighted by Gasteiger charge is -2.16. The first-order valence-corrected chi connectivity index (χ1v) is 6.22. The van der Waals surface area contributed by atoms with E-state index in [-0.39, 0.29) is 6.10 Å². The molecule has 1 aliphatic rings. The van der Waals surface area contributed by atoms with E-state index < -0.39 is 0 Å². The van der Waals surface area contributed by atoms with Gasteiger partial charge in [-0.2, -0.15) is 0 Å². The molecule has 0 radical (unpaired) electrons. The Labute approximate surface area is 93.9 Å². The molecule has 1 unspecified atom stereocenters. The number of rotatable bonds is 7. The molecule has 2 N–H and O–H groups in total. The Hall–Kier alpha value is -0.120. The fraction of sp³-hybridized carbons (Fsp3) is 1.00. The van der Waals surface area contributed by atoms with Crippen molar-refractivity contribution in [3.8, 4) is 0 Å². The molecular weight excluding hydrogens is 188 g/mol. The first-order chi connectivity index (χ1) is 7.18. The minimum Gasteiger partial charge on any atom is -0.392 e. The lowest BCUT2D eigenvalue weighted by atomic mass is 10.0. The molecule has 0 heterocycles. The summed E-state index contributed by atoms with van der Waals surface area (Å²) >= 11 is 0. The normalized spacial score (nSPS) is 20.0. The van der Waals surface area contributed by atoms with Crippen LogP contribution in [0.4, 0.5) is 0 Å². The highest BCUT2D eigenvalue weighted by atomic mass is 16.3. The molecule has 0 saturated heterocycles. The van der Waals surface area contributed by atoms with Gasteiger partial charge in [-0.05, 0) is 26.4 Å². The van der Waals surface area contributed by atoms with E-state index in [2.05, 4.69) is 24.3 Å². The summed E-state index contributed by atoms with van der Waals surface area (Å²) in [6, 6.07) is 0. The van der Waals surface area contributed by atoms with E-state index >= 15 is 0 Å². The number of hydrogen-bond acceptors (Lipinski definition) is 3. The smallest absolute Gasteiger partial charge is 0.0667 e. The van der Waals surface area contributed by atoms with Crippen molar-refractivity contribution in [3.05, 3.63) is 0 Å². The number of likely N-dealkylation sites (N-methyl/N-ethyl adjacent to an activating group) is 1. The van der Waals surface area contributed by atoms with Gasteiger partial charge in [0.1, 0.15) is 0 Å². The van der Waals surface area contributed by atoms with Crippen LogP contribution in [0.2, 0.25) is 0 Å². The van der Waals surface area contributed by atoms with Gasteiger partial charge in [-0.15, -0.1) is 0 Å². The van der Waals surface area contributed by atoms with Gasteiger partial charge in [-0.25, -0.2) is 0 Å². The molecule has 0 amide bonds. The molecule has 0 bridgehead atoms. The van der Waals surface area contributed by atoms with Crippen molar-refractivity contribution in [3.63, 3.8) is 0 Å². The molecule has 0 aliphatic heterocycles. The molecule has 1 rings (SSSR count). The van der Waals surface area contributed by atoms with Crippen LogP contribution in [-0.4, -0.2) is 49.8 Å². The third-order valence-electron chi connectivity index (χ3n) is 3.20. The van der Waals surface area contributed by atoms with E-state index in [1.807, 2.05) is 0 Å². The molecule has 90 valence electrons. The Balaban J connectivity index is 1.95.